The van der Waals surface area contributed by atoms with Crippen molar-refractivity contribution in [3.8, 4) is 0 Å². The zero-order valence-electron chi connectivity index (χ0n) is 9.01. The number of thioether (sulfide) groups is 1. The molecule has 1 fully saturated rings. The second-order valence-corrected chi connectivity index (χ2v) is 5.58. The van der Waals surface area contributed by atoms with E-state index < -0.39 is 12.7 Å². The van der Waals surface area contributed by atoms with Gasteiger partial charge < -0.3 is 5.73 Å². The number of halogens is 3. The molecule has 1 aliphatic rings. The summed E-state index contributed by atoms with van der Waals surface area (Å²) in [5.41, 5.74) is 5.66. The van der Waals surface area contributed by atoms with Crippen molar-refractivity contribution >= 4 is 29.0 Å². The monoisotopic (exact) mass is 272 g/mol. The van der Waals surface area contributed by atoms with E-state index in [2.05, 4.69) is 0 Å². The van der Waals surface area contributed by atoms with Crippen molar-refractivity contribution in [2.45, 2.75) is 23.8 Å². The Kier molecular flexibility index (Phi) is 4.48. The van der Waals surface area contributed by atoms with E-state index in [1.54, 1.807) is 11.8 Å². The summed E-state index contributed by atoms with van der Waals surface area (Å²) in [4.78, 5) is 1.82. The maximum Gasteiger partial charge on any atom is 0.401 e. The first kappa shape index (κ1) is 14.1. The van der Waals surface area contributed by atoms with Crippen LogP contribution in [0.15, 0.2) is 0 Å². The van der Waals surface area contributed by atoms with Gasteiger partial charge in [-0.15, -0.1) is 0 Å². The van der Waals surface area contributed by atoms with Crippen LogP contribution in [0.3, 0.4) is 0 Å². The van der Waals surface area contributed by atoms with Gasteiger partial charge in [-0.2, -0.15) is 24.9 Å². The van der Waals surface area contributed by atoms with Crippen LogP contribution in [-0.2, 0) is 0 Å². The predicted molar refractivity (Wildman–Crippen MR) is 64.8 cm³/mol. The number of thiocarbonyl (C=S) groups is 1. The van der Waals surface area contributed by atoms with Crippen LogP contribution >= 0.6 is 24.0 Å². The molecule has 0 aromatic heterocycles. The van der Waals surface area contributed by atoms with Crippen LogP contribution in [0.2, 0.25) is 0 Å². The molecule has 0 aromatic rings. The van der Waals surface area contributed by atoms with Crippen molar-refractivity contribution in [3.63, 3.8) is 0 Å². The van der Waals surface area contributed by atoms with E-state index in [9.17, 15) is 13.2 Å². The predicted octanol–water partition coefficient (Wildman–Crippen LogP) is 2.03. The molecule has 1 rings (SSSR count). The first-order valence-electron chi connectivity index (χ1n) is 4.93. The Hall–Kier alpha value is -0.0100. The van der Waals surface area contributed by atoms with Crippen LogP contribution in [0, 0.1) is 0 Å². The minimum atomic E-state index is -4.12. The highest BCUT2D eigenvalue weighted by Crippen LogP contribution is 2.35. The molecule has 0 aromatic carbocycles. The van der Waals surface area contributed by atoms with Crippen LogP contribution in [0.5, 0.6) is 0 Å². The molecule has 0 bridgehead atoms. The van der Waals surface area contributed by atoms with E-state index in [1.165, 1.54) is 4.90 Å². The Morgan fingerprint density at radius 2 is 1.94 bits per heavy atom. The molecule has 16 heavy (non-hydrogen) atoms. The smallest absolute Gasteiger partial charge is 0.392 e. The highest BCUT2D eigenvalue weighted by atomic mass is 32.2. The molecule has 2 N–H and O–H groups in total. The van der Waals surface area contributed by atoms with E-state index >= 15 is 0 Å². The van der Waals surface area contributed by atoms with Crippen molar-refractivity contribution in [3.05, 3.63) is 0 Å². The largest absolute Gasteiger partial charge is 0.401 e. The molecule has 0 unspecified atom stereocenters. The van der Waals surface area contributed by atoms with Gasteiger partial charge in [0, 0.05) is 13.1 Å². The SMILES string of the molecule is CSC1(C(N)=S)CCN(CC(F)(F)F)CC1. The average Bonchev–Trinajstić information content (AvgIpc) is 2.16. The van der Waals surface area contributed by atoms with Gasteiger partial charge in [0.05, 0.1) is 16.3 Å². The van der Waals surface area contributed by atoms with Crippen molar-refractivity contribution < 1.29 is 13.2 Å². The van der Waals surface area contributed by atoms with Gasteiger partial charge in [-0.05, 0) is 19.1 Å². The lowest BCUT2D eigenvalue weighted by Gasteiger charge is -2.40. The second kappa shape index (κ2) is 5.10. The number of hydrogen-bond acceptors (Lipinski definition) is 3. The van der Waals surface area contributed by atoms with Gasteiger partial charge in [0.25, 0.3) is 0 Å². The van der Waals surface area contributed by atoms with Crippen molar-refractivity contribution in [1.29, 1.82) is 0 Å². The molecule has 0 amide bonds. The molecule has 0 atom stereocenters. The normalized spacial score (nSPS) is 22.0. The molecular weight excluding hydrogens is 257 g/mol. The lowest BCUT2D eigenvalue weighted by molar-refractivity contribution is -0.147. The van der Waals surface area contributed by atoms with Crippen LogP contribution < -0.4 is 5.73 Å². The molecule has 1 heterocycles. The summed E-state index contributed by atoms with van der Waals surface area (Å²) >= 11 is 6.54. The van der Waals surface area contributed by atoms with Crippen LogP contribution in [0.25, 0.3) is 0 Å². The zero-order valence-corrected chi connectivity index (χ0v) is 10.6. The third-order valence-electron chi connectivity index (χ3n) is 2.91. The molecule has 0 radical (unpaired) electrons. The van der Waals surface area contributed by atoms with Crippen LogP contribution in [0.1, 0.15) is 12.8 Å². The Balaban J connectivity index is 2.53. The number of nitrogens with two attached hydrogens (primary N) is 1. The topological polar surface area (TPSA) is 29.3 Å². The summed E-state index contributed by atoms with van der Waals surface area (Å²) in [7, 11) is 0. The minimum absolute atomic E-state index is 0.308. The molecule has 94 valence electrons. The molecular formula is C9H15F3N2S2. The second-order valence-electron chi connectivity index (χ2n) is 3.95. The van der Waals surface area contributed by atoms with E-state index in [0.717, 1.165) is 0 Å². The van der Waals surface area contributed by atoms with E-state index in [1.807, 2.05) is 6.26 Å². The van der Waals surface area contributed by atoms with Crippen molar-refractivity contribution in [2.24, 2.45) is 5.73 Å². The highest BCUT2D eigenvalue weighted by molar-refractivity contribution is 8.01. The van der Waals surface area contributed by atoms with Gasteiger partial charge in [0.2, 0.25) is 0 Å². The number of hydrogen-bond donors (Lipinski definition) is 1. The first-order valence-corrected chi connectivity index (χ1v) is 6.56. The molecule has 0 saturated carbocycles. The standard InChI is InChI=1S/C9H15F3N2S2/c1-16-8(7(13)15)2-4-14(5-3-8)6-9(10,11)12/h2-6H2,1H3,(H2,13,15). The number of likely N-dealkylation sites (tertiary alicyclic amines) is 1. The molecule has 1 saturated heterocycles. The number of nitrogens with zero attached hydrogens (tertiary/aromatic N) is 1. The van der Waals surface area contributed by atoms with E-state index in [0.29, 0.717) is 30.9 Å². The van der Waals surface area contributed by atoms with E-state index in [-0.39, 0.29) is 4.75 Å². The number of alkyl halides is 3. The fourth-order valence-electron chi connectivity index (χ4n) is 1.88. The summed E-state index contributed by atoms with van der Waals surface area (Å²) in [5.74, 6) is 0. The molecule has 2 nitrogen and oxygen atoms in total. The van der Waals surface area contributed by atoms with Crippen molar-refractivity contribution in [1.82, 2.24) is 4.90 Å². The fourth-order valence-corrected chi connectivity index (χ4v) is 3.12. The Morgan fingerprint density at radius 1 is 1.44 bits per heavy atom. The molecule has 0 aliphatic carbocycles. The Labute approximate surface area is 103 Å². The summed E-state index contributed by atoms with van der Waals surface area (Å²) in [5, 5.41) is 0. The highest BCUT2D eigenvalue weighted by Gasteiger charge is 2.39. The molecule has 1 aliphatic heterocycles. The van der Waals surface area contributed by atoms with Gasteiger partial charge in [0.15, 0.2) is 0 Å². The summed E-state index contributed by atoms with van der Waals surface area (Å²) in [6.45, 7) is -0.0375. The summed E-state index contributed by atoms with van der Waals surface area (Å²) < 4.78 is 36.2. The zero-order chi connectivity index (χ0) is 12.4. The van der Waals surface area contributed by atoms with Gasteiger partial charge in [-0.3, -0.25) is 4.90 Å². The Morgan fingerprint density at radius 3 is 2.25 bits per heavy atom. The van der Waals surface area contributed by atoms with E-state index in [4.69, 9.17) is 18.0 Å². The number of rotatable bonds is 3. The average molecular weight is 272 g/mol. The fraction of sp³-hybridized carbons (Fsp3) is 0.889. The van der Waals surface area contributed by atoms with Gasteiger partial charge in [0.1, 0.15) is 0 Å². The Bertz CT molecular complexity index is 260. The third-order valence-corrected chi connectivity index (χ3v) is 4.84. The summed E-state index contributed by atoms with van der Waals surface area (Å²) in [6.07, 6.45) is -1.03. The lowest BCUT2D eigenvalue weighted by atomic mass is 9.95. The lowest BCUT2D eigenvalue weighted by Crippen LogP contribution is -2.50. The van der Waals surface area contributed by atoms with Crippen LogP contribution in [0.4, 0.5) is 13.2 Å². The minimum Gasteiger partial charge on any atom is -0.392 e. The van der Waals surface area contributed by atoms with Crippen molar-refractivity contribution in [2.75, 3.05) is 25.9 Å². The molecule has 7 heteroatoms. The van der Waals surface area contributed by atoms with Gasteiger partial charge in [-0.1, -0.05) is 12.2 Å². The quantitative estimate of drug-likeness (QED) is 0.796. The summed E-state index contributed by atoms with van der Waals surface area (Å²) in [6, 6.07) is 0. The van der Waals surface area contributed by atoms with Gasteiger partial charge in [-0.25, -0.2) is 0 Å². The van der Waals surface area contributed by atoms with Gasteiger partial charge >= 0.3 is 6.18 Å². The molecule has 0 spiro atoms. The number of piperidine rings is 1. The maximum atomic E-state index is 12.2. The maximum absolute atomic E-state index is 12.2. The van der Waals surface area contributed by atoms with Crippen LogP contribution in [-0.4, -0.2) is 46.7 Å². The third kappa shape index (κ3) is 3.49. The first-order chi connectivity index (χ1) is 7.29.